The lowest BCUT2D eigenvalue weighted by atomic mass is 9.87. The molecule has 5 nitrogen and oxygen atoms in total. The second-order valence-electron chi connectivity index (χ2n) is 12.9. The van der Waals surface area contributed by atoms with Gasteiger partial charge in [0.15, 0.2) is 0 Å². The number of unbranched alkanes of at least 4 members (excludes halogenated alkanes) is 10. The van der Waals surface area contributed by atoms with Gasteiger partial charge in [0.05, 0.1) is 12.2 Å². The zero-order chi connectivity index (χ0) is 27.0. The zero-order valence-electron chi connectivity index (χ0n) is 25.1. The number of nitrogens with zero attached hydrogens (tertiary/aromatic N) is 1. The van der Waals surface area contributed by atoms with Gasteiger partial charge in [-0.1, -0.05) is 97.3 Å². The van der Waals surface area contributed by atoms with Crippen LogP contribution in [0.3, 0.4) is 0 Å². The first-order valence-electron chi connectivity index (χ1n) is 15.3. The maximum atomic E-state index is 12.5. The topological polar surface area (TPSA) is 59.0 Å². The van der Waals surface area contributed by atoms with Crippen molar-refractivity contribution in [3.63, 3.8) is 0 Å². The molecule has 36 heavy (non-hydrogen) atoms. The van der Waals surface area contributed by atoms with Crippen LogP contribution in [0.4, 0.5) is 0 Å². The van der Waals surface area contributed by atoms with Crippen LogP contribution < -0.4 is 0 Å². The van der Waals surface area contributed by atoms with Gasteiger partial charge in [0.1, 0.15) is 6.10 Å². The van der Waals surface area contributed by atoms with Gasteiger partial charge in [0.25, 0.3) is 0 Å². The molecule has 1 N–H and O–H groups in total. The zero-order valence-corrected chi connectivity index (χ0v) is 25.1. The van der Waals surface area contributed by atoms with Crippen LogP contribution in [0, 0.1) is 5.92 Å². The van der Waals surface area contributed by atoms with Crippen LogP contribution in [0.15, 0.2) is 0 Å². The lowest BCUT2D eigenvalue weighted by molar-refractivity contribution is -0.280. The monoisotopic (exact) mass is 511 g/mol. The number of esters is 1. The maximum absolute atomic E-state index is 12.5. The summed E-state index contributed by atoms with van der Waals surface area (Å²) in [4.78, 5) is 18.4. The molecule has 0 aliphatic carbocycles. The molecule has 5 heteroatoms. The molecule has 3 unspecified atom stereocenters. The van der Waals surface area contributed by atoms with E-state index in [1.54, 1.807) is 13.8 Å². The summed E-state index contributed by atoms with van der Waals surface area (Å²) in [5, 5.41) is 12.0. The van der Waals surface area contributed by atoms with E-state index in [-0.39, 0.29) is 30.3 Å². The van der Waals surface area contributed by atoms with Crippen molar-refractivity contribution in [3.05, 3.63) is 0 Å². The highest BCUT2D eigenvalue weighted by atomic mass is 16.7. The predicted molar refractivity (Wildman–Crippen MR) is 151 cm³/mol. The van der Waals surface area contributed by atoms with Crippen LogP contribution >= 0.6 is 0 Å². The molecule has 0 aromatic heterocycles. The summed E-state index contributed by atoms with van der Waals surface area (Å²) in [6, 6.07) is 0.127. The fourth-order valence-electron chi connectivity index (χ4n) is 5.55. The van der Waals surface area contributed by atoms with Gasteiger partial charge in [0.2, 0.25) is 0 Å². The Bertz CT molecular complexity index is 571. The number of hydrogen-bond donors (Lipinski definition) is 1. The van der Waals surface area contributed by atoms with Crippen molar-refractivity contribution < 1.29 is 19.5 Å². The van der Waals surface area contributed by atoms with E-state index in [9.17, 15) is 9.90 Å². The summed E-state index contributed by atoms with van der Waals surface area (Å²) >= 11 is 0. The Morgan fingerprint density at radius 2 is 1.50 bits per heavy atom. The second-order valence-corrected chi connectivity index (χ2v) is 12.9. The predicted octanol–water partition coefficient (Wildman–Crippen LogP) is 8.37. The molecular weight excluding hydrogens is 450 g/mol. The molecule has 1 rings (SSSR count). The van der Waals surface area contributed by atoms with Gasteiger partial charge >= 0.3 is 5.97 Å². The molecule has 0 aromatic rings. The van der Waals surface area contributed by atoms with Crippen molar-refractivity contribution in [3.8, 4) is 0 Å². The highest BCUT2D eigenvalue weighted by Crippen LogP contribution is 2.34. The SMILES string of the molecule is CCCCCCCCCCC(C)CCCCCCC(=O)OC1CC(C)N(OCC(C)(C)O)C(C)(C)C1. The molecule has 214 valence electrons. The number of rotatable bonds is 20. The van der Waals surface area contributed by atoms with Crippen molar-refractivity contribution in [2.75, 3.05) is 6.61 Å². The van der Waals surface area contributed by atoms with Crippen LogP contribution in [0.1, 0.15) is 158 Å². The average Bonchev–Trinajstić information content (AvgIpc) is 2.76. The number of hydrogen-bond acceptors (Lipinski definition) is 5. The average molecular weight is 512 g/mol. The van der Waals surface area contributed by atoms with Crippen LogP contribution in [0.5, 0.6) is 0 Å². The Labute approximate surface area is 224 Å². The molecule has 0 radical (unpaired) electrons. The third-order valence-corrected chi connectivity index (χ3v) is 7.56. The van der Waals surface area contributed by atoms with E-state index in [0.29, 0.717) is 6.42 Å². The first-order valence-corrected chi connectivity index (χ1v) is 15.3. The molecule has 0 spiro atoms. The van der Waals surface area contributed by atoms with E-state index in [1.165, 1.54) is 77.0 Å². The van der Waals surface area contributed by atoms with Crippen molar-refractivity contribution in [1.29, 1.82) is 0 Å². The Kier molecular flexibility index (Phi) is 16.5. The fraction of sp³-hybridized carbons (Fsp3) is 0.968. The van der Waals surface area contributed by atoms with Gasteiger partial charge in [-0.15, -0.1) is 0 Å². The summed E-state index contributed by atoms with van der Waals surface area (Å²) in [5.41, 5.74) is -1.12. The van der Waals surface area contributed by atoms with Crippen LogP contribution in [-0.2, 0) is 14.4 Å². The van der Waals surface area contributed by atoms with Gasteiger partial charge < -0.3 is 9.84 Å². The number of piperidine rings is 1. The summed E-state index contributed by atoms with van der Waals surface area (Å²) in [5.74, 6) is 0.774. The van der Waals surface area contributed by atoms with Gasteiger partial charge in [-0.25, -0.2) is 0 Å². The summed E-state index contributed by atoms with van der Waals surface area (Å²) in [7, 11) is 0. The second kappa shape index (κ2) is 17.8. The van der Waals surface area contributed by atoms with Crippen molar-refractivity contribution in [1.82, 2.24) is 5.06 Å². The number of aliphatic hydroxyl groups is 1. The van der Waals surface area contributed by atoms with Gasteiger partial charge in [-0.2, -0.15) is 5.06 Å². The quantitative estimate of drug-likeness (QED) is 0.131. The molecule has 1 aliphatic heterocycles. The summed E-state index contributed by atoms with van der Waals surface area (Å²) < 4.78 is 5.86. The number of hydroxylamine groups is 2. The number of carbonyl (C=O) groups excluding carboxylic acids is 1. The van der Waals surface area contributed by atoms with Gasteiger partial charge in [-0.3, -0.25) is 9.63 Å². The van der Waals surface area contributed by atoms with Gasteiger partial charge in [0, 0.05) is 30.8 Å². The first kappa shape index (κ1) is 33.4. The first-order chi connectivity index (χ1) is 16.9. The minimum Gasteiger partial charge on any atom is -0.462 e. The van der Waals surface area contributed by atoms with E-state index >= 15 is 0 Å². The third kappa shape index (κ3) is 15.6. The fourth-order valence-corrected chi connectivity index (χ4v) is 5.55. The van der Waals surface area contributed by atoms with E-state index < -0.39 is 5.60 Å². The molecule has 1 saturated heterocycles. The Balaban J connectivity index is 2.10. The molecular formula is C31H61NO4. The Morgan fingerprint density at radius 1 is 0.972 bits per heavy atom. The number of ether oxygens (including phenoxy) is 1. The normalized spacial score (nSPS) is 21.4. The lowest BCUT2D eigenvalue weighted by Crippen LogP contribution is -2.57. The van der Waals surface area contributed by atoms with E-state index in [1.807, 2.05) is 5.06 Å². The molecule has 0 amide bonds. The molecule has 3 atom stereocenters. The van der Waals surface area contributed by atoms with Crippen molar-refractivity contribution in [2.45, 2.75) is 181 Å². The molecule has 0 saturated carbocycles. The minimum atomic E-state index is -0.871. The van der Waals surface area contributed by atoms with Crippen LogP contribution in [0.2, 0.25) is 0 Å². The molecule has 0 aromatic carbocycles. The third-order valence-electron chi connectivity index (χ3n) is 7.56. The molecule has 0 bridgehead atoms. The van der Waals surface area contributed by atoms with E-state index in [0.717, 1.165) is 31.6 Å². The lowest BCUT2D eigenvalue weighted by Gasteiger charge is -2.48. The standard InChI is InChI=1S/C31H61NO4/c1-8-9-10-11-12-13-14-17-20-26(2)21-18-15-16-19-22-29(33)36-28-23-27(3)32(30(4,5)24-28)35-25-31(6,7)34/h26-28,34H,8-25H2,1-7H3. The van der Waals surface area contributed by atoms with E-state index in [2.05, 4.69) is 34.6 Å². The van der Waals surface area contributed by atoms with E-state index in [4.69, 9.17) is 9.57 Å². The van der Waals surface area contributed by atoms with Gasteiger partial charge in [-0.05, 0) is 47.0 Å². The molecule has 1 fully saturated rings. The number of carbonyl (C=O) groups is 1. The van der Waals surface area contributed by atoms with Crippen LogP contribution in [-0.4, -0.2) is 46.0 Å². The summed E-state index contributed by atoms with van der Waals surface area (Å²) in [6.07, 6.45) is 20.4. The minimum absolute atomic E-state index is 0.0584. The maximum Gasteiger partial charge on any atom is 0.306 e. The Morgan fingerprint density at radius 3 is 2.03 bits per heavy atom. The van der Waals surface area contributed by atoms with Crippen molar-refractivity contribution in [2.24, 2.45) is 5.92 Å². The van der Waals surface area contributed by atoms with Crippen LogP contribution in [0.25, 0.3) is 0 Å². The smallest absolute Gasteiger partial charge is 0.306 e. The highest BCUT2D eigenvalue weighted by molar-refractivity contribution is 5.69. The molecule has 1 aliphatic rings. The Hall–Kier alpha value is -0.650. The largest absolute Gasteiger partial charge is 0.462 e. The van der Waals surface area contributed by atoms with Crippen molar-refractivity contribution >= 4 is 5.97 Å². The highest BCUT2D eigenvalue weighted by Gasteiger charge is 2.42. The molecule has 1 heterocycles. The summed E-state index contributed by atoms with van der Waals surface area (Å²) in [6.45, 7) is 14.8.